The molecule has 0 spiro atoms. The number of rotatable bonds is 4. The molecular weight excluding hydrogens is 248 g/mol. The van der Waals surface area contributed by atoms with Crippen molar-refractivity contribution in [3.63, 3.8) is 0 Å². The number of benzene rings is 1. The zero-order chi connectivity index (χ0) is 13.2. The molecule has 0 aromatic heterocycles. The lowest BCUT2D eigenvalue weighted by Gasteiger charge is -2.16. The minimum atomic E-state index is -3.48. The van der Waals surface area contributed by atoms with Gasteiger partial charge in [-0.25, -0.2) is 13.1 Å². The van der Waals surface area contributed by atoms with E-state index in [2.05, 4.69) is 11.6 Å². The van der Waals surface area contributed by atoms with Crippen molar-refractivity contribution in [3.05, 3.63) is 24.3 Å². The Morgan fingerprint density at radius 1 is 1.33 bits per heavy atom. The van der Waals surface area contributed by atoms with Gasteiger partial charge < -0.3 is 5.73 Å². The van der Waals surface area contributed by atoms with Gasteiger partial charge in [-0.2, -0.15) is 0 Å². The molecule has 4 nitrogen and oxygen atoms in total. The van der Waals surface area contributed by atoms with Crippen LogP contribution in [0.5, 0.6) is 0 Å². The molecule has 0 radical (unpaired) electrons. The molecule has 2 unspecified atom stereocenters. The molecule has 0 amide bonds. The lowest BCUT2D eigenvalue weighted by molar-refractivity contribution is 0.414. The molecule has 2 rings (SSSR count). The van der Waals surface area contributed by atoms with Crippen molar-refractivity contribution in [3.8, 4) is 0 Å². The van der Waals surface area contributed by atoms with Crippen molar-refractivity contribution in [1.82, 2.24) is 4.72 Å². The zero-order valence-electron chi connectivity index (χ0n) is 10.6. The summed E-state index contributed by atoms with van der Waals surface area (Å²) in [6, 6.07) is 6.55. The third-order valence-corrected chi connectivity index (χ3v) is 5.28. The van der Waals surface area contributed by atoms with E-state index in [4.69, 9.17) is 5.73 Å². The zero-order valence-corrected chi connectivity index (χ0v) is 11.4. The minimum Gasteiger partial charge on any atom is -0.398 e. The van der Waals surface area contributed by atoms with Gasteiger partial charge in [-0.3, -0.25) is 0 Å². The summed E-state index contributed by atoms with van der Waals surface area (Å²) < 4.78 is 26.9. The molecule has 1 saturated carbocycles. The maximum Gasteiger partial charge on any atom is 0.242 e. The molecule has 1 aliphatic rings. The van der Waals surface area contributed by atoms with E-state index in [0.717, 1.165) is 6.42 Å². The summed E-state index contributed by atoms with van der Waals surface area (Å²) in [4.78, 5) is 0.177. The Labute approximate surface area is 109 Å². The number of nitrogen functional groups attached to an aromatic ring is 1. The van der Waals surface area contributed by atoms with Crippen LogP contribution in [-0.2, 0) is 10.0 Å². The predicted molar refractivity (Wildman–Crippen MR) is 72.5 cm³/mol. The first-order valence-corrected chi connectivity index (χ1v) is 7.83. The van der Waals surface area contributed by atoms with Crippen LogP contribution in [0.2, 0.25) is 0 Å². The van der Waals surface area contributed by atoms with Crippen LogP contribution >= 0.6 is 0 Å². The van der Waals surface area contributed by atoms with E-state index in [1.165, 1.54) is 18.9 Å². The second-order valence-corrected chi connectivity index (χ2v) is 6.79. The number of hydrogen-bond acceptors (Lipinski definition) is 3. The van der Waals surface area contributed by atoms with Gasteiger partial charge in [0.1, 0.15) is 4.90 Å². The Kier molecular flexibility index (Phi) is 3.92. The van der Waals surface area contributed by atoms with Crippen LogP contribution in [-0.4, -0.2) is 15.0 Å². The monoisotopic (exact) mass is 268 g/mol. The summed E-state index contributed by atoms with van der Waals surface area (Å²) in [7, 11) is -3.48. The highest BCUT2D eigenvalue weighted by atomic mass is 32.2. The number of para-hydroxylation sites is 1. The molecule has 0 saturated heterocycles. The third kappa shape index (κ3) is 2.84. The second-order valence-electron chi connectivity index (χ2n) is 5.06. The fraction of sp³-hybridized carbons (Fsp3) is 0.538. The van der Waals surface area contributed by atoms with Crippen LogP contribution in [0.3, 0.4) is 0 Å². The number of hydrogen-bond donors (Lipinski definition) is 2. The van der Waals surface area contributed by atoms with Crippen LogP contribution in [0.25, 0.3) is 0 Å². The average molecular weight is 268 g/mol. The molecular formula is C13H20N2O2S. The molecule has 3 N–H and O–H groups in total. The first-order chi connectivity index (χ1) is 8.50. The van der Waals surface area contributed by atoms with Crippen LogP contribution in [0.4, 0.5) is 5.69 Å². The molecule has 0 heterocycles. The van der Waals surface area contributed by atoms with Crippen molar-refractivity contribution in [1.29, 1.82) is 0 Å². The Hall–Kier alpha value is -1.07. The van der Waals surface area contributed by atoms with Crippen molar-refractivity contribution >= 4 is 15.7 Å². The van der Waals surface area contributed by atoms with E-state index in [-0.39, 0.29) is 4.90 Å². The first-order valence-electron chi connectivity index (χ1n) is 6.35. The maximum atomic E-state index is 12.1. The molecule has 0 bridgehead atoms. The molecule has 1 aliphatic carbocycles. The van der Waals surface area contributed by atoms with Crippen molar-refractivity contribution < 1.29 is 8.42 Å². The van der Waals surface area contributed by atoms with Crippen LogP contribution < -0.4 is 10.5 Å². The van der Waals surface area contributed by atoms with Gasteiger partial charge in [0.15, 0.2) is 0 Å². The van der Waals surface area contributed by atoms with Crippen molar-refractivity contribution in [2.75, 3.05) is 12.3 Å². The highest BCUT2D eigenvalue weighted by molar-refractivity contribution is 7.89. The second kappa shape index (κ2) is 5.28. The SMILES string of the molecule is CC1CCCC1CNS(=O)(=O)c1ccccc1N. The fourth-order valence-corrected chi connectivity index (χ4v) is 3.77. The normalized spacial score (nSPS) is 24.3. The Balaban J connectivity index is 2.06. The van der Waals surface area contributed by atoms with Crippen LogP contribution in [0, 0.1) is 11.8 Å². The summed E-state index contributed by atoms with van der Waals surface area (Å²) in [6.07, 6.45) is 3.49. The van der Waals surface area contributed by atoms with Gasteiger partial charge in [0.25, 0.3) is 0 Å². The summed E-state index contributed by atoms with van der Waals surface area (Å²) >= 11 is 0. The van der Waals surface area contributed by atoms with Crippen LogP contribution in [0.15, 0.2) is 29.2 Å². The Morgan fingerprint density at radius 3 is 2.67 bits per heavy atom. The molecule has 5 heteroatoms. The van der Waals surface area contributed by atoms with E-state index < -0.39 is 10.0 Å². The molecule has 18 heavy (non-hydrogen) atoms. The summed E-state index contributed by atoms with van der Waals surface area (Å²) in [5.41, 5.74) is 5.99. The summed E-state index contributed by atoms with van der Waals surface area (Å²) in [5, 5.41) is 0. The minimum absolute atomic E-state index is 0.177. The topological polar surface area (TPSA) is 72.2 Å². The summed E-state index contributed by atoms with van der Waals surface area (Å²) in [5.74, 6) is 1.05. The summed E-state index contributed by atoms with van der Waals surface area (Å²) in [6.45, 7) is 2.70. The maximum absolute atomic E-state index is 12.1. The largest absolute Gasteiger partial charge is 0.398 e. The smallest absolute Gasteiger partial charge is 0.242 e. The van der Waals surface area contributed by atoms with Gasteiger partial charge in [-0.1, -0.05) is 31.9 Å². The number of nitrogens with one attached hydrogen (secondary N) is 1. The van der Waals surface area contributed by atoms with Gasteiger partial charge in [-0.15, -0.1) is 0 Å². The van der Waals surface area contributed by atoms with Gasteiger partial charge >= 0.3 is 0 Å². The van der Waals surface area contributed by atoms with Crippen molar-refractivity contribution in [2.45, 2.75) is 31.1 Å². The molecule has 1 fully saturated rings. The highest BCUT2D eigenvalue weighted by Gasteiger charge is 2.25. The van der Waals surface area contributed by atoms with E-state index >= 15 is 0 Å². The van der Waals surface area contributed by atoms with Crippen molar-refractivity contribution in [2.24, 2.45) is 11.8 Å². The fourth-order valence-electron chi connectivity index (χ4n) is 2.55. The van der Waals surface area contributed by atoms with E-state index in [1.54, 1.807) is 18.2 Å². The van der Waals surface area contributed by atoms with E-state index in [1.807, 2.05) is 0 Å². The first kappa shape index (κ1) is 13.4. The van der Waals surface area contributed by atoms with E-state index in [9.17, 15) is 8.42 Å². The lowest BCUT2D eigenvalue weighted by Crippen LogP contribution is -2.30. The Morgan fingerprint density at radius 2 is 2.06 bits per heavy atom. The molecule has 1 aromatic rings. The number of nitrogens with two attached hydrogens (primary N) is 1. The van der Waals surface area contributed by atoms with Gasteiger partial charge in [0, 0.05) is 6.54 Å². The van der Waals surface area contributed by atoms with Crippen LogP contribution in [0.1, 0.15) is 26.2 Å². The number of sulfonamides is 1. The predicted octanol–water partition coefficient (Wildman–Crippen LogP) is 1.98. The highest BCUT2D eigenvalue weighted by Crippen LogP contribution is 2.30. The van der Waals surface area contributed by atoms with Gasteiger partial charge in [-0.05, 0) is 30.4 Å². The average Bonchev–Trinajstić information content (AvgIpc) is 2.73. The molecule has 100 valence electrons. The quantitative estimate of drug-likeness (QED) is 0.820. The lowest BCUT2D eigenvalue weighted by atomic mass is 9.99. The van der Waals surface area contributed by atoms with E-state index in [0.29, 0.717) is 24.1 Å². The standard InChI is InChI=1S/C13H20N2O2S/c1-10-5-4-6-11(10)9-15-18(16,17)13-8-3-2-7-12(13)14/h2-3,7-8,10-11,15H,4-6,9,14H2,1H3. The molecule has 0 aliphatic heterocycles. The number of anilines is 1. The molecule has 2 atom stereocenters. The van der Waals surface area contributed by atoms with Gasteiger partial charge in [0.05, 0.1) is 5.69 Å². The third-order valence-electron chi connectivity index (χ3n) is 3.78. The van der Waals surface area contributed by atoms with Gasteiger partial charge in [0.2, 0.25) is 10.0 Å². The molecule has 1 aromatic carbocycles. The Bertz CT molecular complexity index is 513.